The second-order valence-electron chi connectivity index (χ2n) is 6.74. The molecule has 152 valence electrons. The fourth-order valence-electron chi connectivity index (χ4n) is 3.33. The molecule has 2 atom stereocenters. The number of carbonyl (C=O) groups excluding carboxylic acids is 1. The molecule has 0 radical (unpaired) electrons. The largest absolute Gasteiger partial charge is 0.497 e. The van der Waals surface area contributed by atoms with Crippen LogP contribution in [0.3, 0.4) is 0 Å². The predicted octanol–water partition coefficient (Wildman–Crippen LogP) is 2.83. The number of rotatable bonds is 9. The van der Waals surface area contributed by atoms with Crippen LogP contribution in [-0.2, 0) is 4.79 Å². The van der Waals surface area contributed by atoms with Gasteiger partial charge in [-0.3, -0.25) is 4.79 Å². The van der Waals surface area contributed by atoms with Crippen molar-refractivity contribution in [3.63, 3.8) is 0 Å². The van der Waals surface area contributed by atoms with E-state index in [4.69, 9.17) is 13.9 Å². The zero-order valence-electron chi connectivity index (χ0n) is 16.9. The first kappa shape index (κ1) is 20.5. The van der Waals surface area contributed by atoms with Crippen molar-refractivity contribution in [3.05, 3.63) is 83.8 Å². The van der Waals surface area contributed by atoms with Crippen molar-refractivity contribution >= 4 is 5.91 Å². The lowest BCUT2D eigenvalue weighted by Gasteiger charge is -2.19. The molecular formula is C23H27N2O4+. The third kappa shape index (κ3) is 5.18. The number of methoxy groups -OCH3 is 2. The molecule has 0 saturated carbocycles. The number of quaternary nitrogens is 1. The topological polar surface area (TPSA) is 77.3 Å². The third-order valence-corrected chi connectivity index (χ3v) is 4.83. The third-order valence-electron chi connectivity index (χ3n) is 4.83. The smallest absolute Gasteiger partial charge is 0.275 e. The summed E-state index contributed by atoms with van der Waals surface area (Å²) < 4.78 is 16.3. The summed E-state index contributed by atoms with van der Waals surface area (Å²) in [5, 5.41) is 5.01. The van der Waals surface area contributed by atoms with Crippen molar-refractivity contribution in [2.45, 2.75) is 19.0 Å². The van der Waals surface area contributed by atoms with Crippen molar-refractivity contribution < 1.29 is 24.0 Å². The molecule has 0 fully saturated rings. The molecule has 3 rings (SSSR count). The summed E-state index contributed by atoms with van der Waals surface area (Å²) in [5.74, 6) is 2.16. The first-order chi connectivity index (χ1) is 14.1. The zero-order valence-corrected chi connectivity index (χ0v) is 16.9. The van der Waals surface area contributed by atoms with Gasteiger partial charge in [0.05, 0.1) is 26.5 Å². The van der Waals surface area contributed by atoms with Gasteiger partial charge < -0.3 is 24.5 Å². The minimum Gasteiger partial charge on any atom is -0.497 e. The van der Waals surface area contributed by atoms with E-state index in [0.29, 0.717) is 5.75 Å². The number of nitrogens with one attached hydrogen (secondary N) is 1. The molecule has 1 amide bonds. The molecule has 0 bridgehead atoms. The molecule has 6 heteroatoms. The minimum atomic E-state index is -0.222. The van der Waals surface area contributed by atoms with Gasteiger partial charge in [-0.05, 0) is 37.3 Å². The fraction of sp³-hybridized carbons (Fsp3) is 0.261. The highest BCUT2D eigenvalue weighted by Crippen LogP contribution is 2.29. The second-order valence-corrected chi connectivity index (χ2v) is 6.74. The first-order valence-corrected chi connectivity index (χ1v) is 9.55. The van der Waals surface area contributed by atoms with Crippen molar-refractivity contribution in [1.82, 2.24) is 5.32 Å². The monoisotopic (exact) mass is 395 g/mol. The number of hydrogen-bond acceptors (Lipinski definition) is 4. The number of carbonyl (C=O) groups is 1. The normalized spacial score (nSPS) is 12.8. The van der Waals surface area contributed by atoms with E-state index in [1.807, 2.05) is 72.9 Å². The Balaban J connectivity index is 1.67. The van der Waals surface area contributed by atoms with Gasteiger partial charge in [-0.1, -0.05) is 30.3 Å². The van der Waals surface area contributed by atoms with Gasteiger partial charge in [0.15, 0.2) is 18.3 Å². The molecule has 0 aliphatic heterocycles. The first-order valence-electron chi connectivity index (χ1n) is 9.55. The SMILES string of the molecule is COc1ccc(OC)c([C@@H](C)NC(=O)C[NH2+][C@@H](c2ccccc2)c2ccco2)c1. The van der Waals surface area contributed by atoms with E-state index in [2.05, 4.69) is 5.32 Å². The van der Waals surface area contributed by atoms with Crippen LogP contribution in [-0.4, -0.2) is 26.7 Å². The lowest BCUT2D eigenvalue weighted by molar-refractivity contribution is -0.678. The van der Waals surface area contributed by atoms with Gasteiger partial charge in [-0.15, -0.1) is 0 Å². The van der Waals surface area contributed by atoms with Gasteiger partial charge in [0.1, 0.15) is 11.5 Å². The lowest BCUT2D eigenvalue weighted by Crippen LogP contribution is -2.87. The highest BCUT2D eigenvalue weighted by Gasteiger charge is 2.22. The Morgan fingerprint density at radius 3 is 2.52 bits per heavy atom. The van der Waals surface area contributed by atoms with Crippen molar-refractivity contribution in [3.8, 4) is 11.5 Å². The second kappa shape index (κ2) is 9.80. The highest BCUT2D eigenvalue weighted by molar-refractivity contribution is 5.77. The Kier molecular flexibility index (Phi) is 6.92. The predicted molar refractivity (Wildman–Crippen MR) is 110 cm³/mol. The van der Waals surface area contributed by atoms with E-state index in [9.17, 15) is 4.79 Å². The van der Waals surface area contributed by atoms with E-state index < -0.39 is 0 Å². The van der Waals surface area contributed by atoms with Crippen LogP contribution in [0.5, 0.6) is 11.5 Å². The van der Waals surface area contributed by atoms with Crippen LogP contribution in [0.4, 0.5) is 0 Å². The average Bonchev–Trinajstić information content (AvgIpc) is 3.28. The Hall–Kier alpha value is -3.25. The van der Waals surface area contributed by atoms with Crippen LogP contribution in [0, 0.1) is 0 Å². The number of benzene rings is 2. The van der Waals surface area contributed by atoms with Gasteiger partial charge in [-0.25, -0.2) is 0 Å². The van der Waals surface area contributed by atoms with E-state index in [1.165, 1.54) is 0 Å². The molecular weight excluding hydrogens is 368 g/mol. The maximum atomic E-state index is 12.6. The molecule has 0 aliphatic rings. The number of furan rings is 1. The summed E-state index contributed by atoms with van der Waals surface area (Å²) in [7, 11) is 3.23. The molecule has 3 N–H and O–H groups in total. The Labute approximate surface area is 170 Å². The summed E-state index contributed by atoms with van der Waals surface area (Å²) >= 11 is 0. The van der Waals surface area contributed by atoms with Crippen molar-refractivity contribution in [2.24, 2.45) is 0 Å². The number of nitrogens with two attached hydrogens (primary N) is 1. The van der Waals surface area contributed by atoms with E-state index in [1.54, 1.807) is 20.5 Å². The van der Waals surface area contributed by atoms with Crippen molar-refractivity contribution in [2.75, 3.05) is 20.8 Å². The van der Waals surface area contributed by atoms with E-state index in [0.717, 1.165) is 22.6 Å². The van der Waals surface area contributed by atoms with E-state index in [-0.39, 0.29) is 24.5 Å². The van der Waals surface area contributed by atoms with Gasteiger partial charge in [0.2, 0.25) is 0 Å². The quantitative estimate of drug-likeness (QED) is 0.584. The van der Waals surface area contributed by atoms with Crippen LogP contribution in [0.2, 0.25) is 0 Å². The standard InChI is InChI=1S/C23H26N2O4/c1-16(19-14-18(27-2)11-12-20(19)28-3)25-22(26)15-24-23(21-10-7-13-29-21)17-8-5-4-6-9-17/h4-14,16,23-24H,15H2,1-3H3,(H,25,26)/p+1/t16-,23+/m1/s1. The number of amides is 1. The molecule has 2 aromatic carbocycles. The van der Waals surface area contributed by atoms with Crippen LogP contribution in [0.1, 0.15) is 35.9 Å². The molecule has 1 aromatic heterocycles. The summed E-state index contributed by atoms with van der Waals surface area (Å²) in [6.07, 6.45) is 1.65. The van der Waals surface area contributed by atoms with Gasteiger partial charge in [0.25, 0.3) is 5.91 Å². The zero-order chi connectivity index (χ0) is 20.6. The molecule has 3 aromatic rings. The Morgan fingerprint density at radius 1 is 1.07 bits per heavy atom. The summed E-state index contributed by atoms with van der Waals surface area (Å²) in [5.41, 5.74) is 1.95. The Bertz CT molecular complexity index is 910. The van der Waals surface area contributed by atoms with Crippen molar-refractivity contribution in [1.29, 1.82) is 0 Å². The van der Waals surface area contributed by atoms with Crippen LogP contribution in [0.15, 0.2) is 71.3 Å². The summed E-state index contributed by atoms with van der Waals surface area (Å²) in [6, 6.07) is 19.0. The molecule has 29 heavy (non-hydrogen) atoms. The maximum absolute atomic E-state index is 12.6. The highest BCUT2D eigenvalue weighted by atomic mass is 16.5. The lowest BCUT2D eigenvalue weighted by atomic mass is 10.0. The van der Waals surface area contributed by atoms with Gasteiger partial charge >= 0.3 is 0 Å². The molecule has 6 nitrogen and oxygen atoms in total. The molecule has 0 spiro atoms. The molecule has 0 aliphatic carbocycles. The molecule has 1 heterocycles. The molecule has 0 saturated heterocycles. The van der Waals surface area contributed by atoms with Crippen LogP contribution in [0.25, 0.3) is 0 Å². The van der Waals surface area contributed by atoms with E-state index >= 15 is 0 Å². The van der Waals surface area contributed by atoms with Crippen LogP contribution < -0.4 is 20.1 Å². The summed E-state index contributed by atoms with van der Waals surface area (Å²) in [4.78, 5) is 12.6. The van der Waals surface area contributed by atoms with Crippen LogP contribution >= 0.6 is 0 Å². The van der Waals surface area contributed by atoms with Gasteiger partial charge in [-0.2, -0.15) is 0 Å². The Morgan fingerprint density at radius 2 is 1.86 bits per heavy atom. The average molecular weight is 395 g/mol. The number of hydrogen-bond donors (Lipinski definition) is 2. The molecule has 0 unspecified atom stereocenters. The minimum absolute atomic E-state index is 0.0742. The number of ether oxygens (including phenoxy) is 2. The summed E-state index contributed by atoms with van der Waals surface area (Å²) in [6.45, 7) is 2.19. The fourth-order valence-corrected chi connectivity index (χ4v) is 3.33. The maximum Gasteiger partial charge on any atom is 0.275 e. The van der Waals surface area contributed by atoms with Gasteiger partial charge in [0, 0.05) is 11.1 Å².